The topological polar surface area (TPSA) is 96.0 Å². The number of aryl methyl sites for hydroxylation is 1. The first-order chi connectivity index (χ1) is 14.1. The van der Waals surface area contributed by atoms with E-state index in [9.17, 15) is 4.79 Å². The summed E-state index contributed by atoms with van der Waals surface area (Å²) in [6.45, 7) is 0. The summed E-state index contributed by atoms with van der Waals surface area (Å²) in [7, 11) is 1.87. The third kappa shape index (κ3) is 2.16. The van der Waals surface area contributed by atoms with Crippen molar-refractivity contribution in [3.63, 3.8) is 0 Å². The Morgan fingerprint density at radius 3 is 2.97 bits per heavy atom. The van der Waals surface area contributed by atoms with Crippen molar-refractivity contribution in [2.45, 2.75) is 24.7 Å². The number of aliphatic imine (C=N–C) groups is 2. The van der Waals surface area contributed by atoms with Gasteiger partial charge in [-0.25, -0.2) is 0 Å². The van der Waals surface area contributed by atoms with Crippen molar-refractivity contribution in [2.24, 2.45) is 22.1 Å². The molecule has 1 saturated carbocycles. The monoisotopic (exact) mass is 387 g/mol. The largest absolute Gasteiger partial charge is 0.325 e. The highest BCUT2D eigenvalue weighted by Crippen LogP contribution is 2.51. The van der Waals surface area contributed by atoms with Gasteiger partial charge in [0.05, 0.1) is 17.8 Å². The number of amides is 1. The summed E-state index contributed by atoms with van der Waals surface area (Å²) >= 11 is 0. The molecule has 6 rings (SSSR count). The number of carbonyl (C=O) groups is 1. The molecule has 2 N–H and O–H groups in total. The van der Waals surface area contributed by atoms with Crippen molar-refractivity contribution in [3.05, 3.63) is 48.6 Å². The zero-order valence-corrected chi connectivity index (χ0v) is 15.8. The molecule has 0 saturated heterocycles. The molecule has 1 spiro atoms. The van der Waals surface area contributed by atoms with E-state index in [-0.39, 0.29) is 15.9 Å². The summed E-state index contributed by atoms with van der Waals surface area (Å²) in [4.78, 5) is 21.3. The van der Waals surface area contributed by atoms with E-state index in [0.717, 1.165) is 41.9 Å². The molecule has 1 amide bonds. The molecule has 4 heterocycles. The number of quaternary nitrogens is 1. The van der Waals surface area contributed by atoms with Crippen molar-refractivity contribution in [2.75, 3.05) is 10.6 Å². The fourth-order valence-electron chi connectivity index (χ4n) is 4.46. The molecule has 29 heavy (non-hydrogen) atoms. The van der Waals surface area contributed by atoms with Gasteiger partial charge < -0.3 is 10.6 Å². The number of rotatable bonds is 2. The third-order valence-corrected chi connectivity index (χ3v) is 6.15. The molecule has 1 aromatic heterocycles. The average molecular weight is 387 g/mol. The fraction of sp³-hybridized carbons (Fsp3) is 0.250. The molecular weight excluding hydrogens is 368 g/mol. The van der Waals surface area contributed by atoms with Crippen molar-refractivity contribution >= 4 is 41.0 Å². The number of nitrogens with one attached hydrogen (secondary N) is 2. The second-order valence-electron chi connectivity index (χ2n) is 7.80. The molecule has 4 aliphatic rings. The molecule has 0 bridgehead atoms. The zero-order valence-electron chi connectivity index (χ0n) is 15.8. The molecule has 9 nitrogen and oxygen atoms in total. The van der Waals surface area contributed by atoms with Crippen molar-refractivity contribution in [1.82, 2.24) is 14.4 Å². The van der Waals surface area contributed by atoms with E-state index in [2.05, 4.69) is 25.7 Å². The van der Waals surface area contributed by atoms with E-state index in [1.165, 1.54) is 0 Å². The predicted octanol–water partition coefficient (Wildman–Crippen LogP) is 2.45. The van der Waals surface area contributed by atoms with E-state index in [4.69, 9.17) is 5.10 Å². The van der Waals surface area contributed by atoms with E-state index < -0.39 is 0 Å². The van der Waals surface area contributed by atoms with Crippen molar-refractivity contribution in [1.29, 1.82) is 0 Å². The fourth-order valence-corrected chi connectivity index (χ4v) is 4.46. The van der Waals surface area contributed by atoms with Crippen LogP contribution in [0.1, 0.15) is 24.8 Å². The number of anilines is 2. The third-order valence-electron chi connectivity index (χ3n) is 6.15. The van der Waals surface area contributed by atoms with Gasteiger partial charge in [0, 0.05) is 18.4 Å². The Morgan fingerprint density at radius 2 is 2.21 bits per heavy atom. The summed E-state index contributed by atoms with van der Waals surface area (Å²) in [5.74, 6) is 1.28. The molecular formula is C20H19N8O+. The Hall–Kier alpha value is -3.59. The maximum Gasteiger partial charge on any atom is 0.287 e. The molecule has 3 aliphatic heterocycles. The smallest absolute Gasteiger partial charge is 0.287 e. The van der Waals surface area contributed by atoms with Gasteiger partial charge in [-0.1, -0.05) is 17.1 Å². The van der Waals surface area contributed by atoms with Crippen LogP contribution in [0.15, 0.2) is 58.1 Å². The number of guanidine groups is 1. The van der Waals surface area contributed by atoms with Crippen LogP contribution in [0.4, 0.5) is 17.1 Å². The summed E-state index contributed by atoms with van der Waals surface area (Å²) < 4.78 is 1.82. The number of nitrogens with zero attached hydrogens (tertiary/aromatic N) is 6. The van der Waals surface area contributed by atoms with Crippen LogP contribution in [0.2, 0.25) is 0 Å². The lowest BCUT2D eigenvalue weighted by molar-refractivity contribution is -0.123. The van der Waals surface area contributed by atoms with Gasteiger partial charge in [0.15, 0.2) is 6.20 Å². The standard InChI is InChI=1S/C20H18N8O/c1-27-12-14(10-22-27)28-8-7-21-11-17(28)25-19(26-28)23-13-3-4-15-16(9-13)24-18(29)20(15)5-2-6-20/h3-4,7-12H,2,5-6H2,1H3,(H-,23,24,26,29)/p+1. The minimum Gasteiger partial charge on any atom is -0.325 e. The molecule has 9 heteroatoms. The van der Waals surface area contributed by atoms with E-state index in [1.807, 2.05) is 37.6 Å². The summed E-state index contributed by atoms with van der Waals surface area (Å²) in [5.41, 5.74) is 3.37. The van der Waals surface area contributed by atoms with Crippen LogP contribution in [-0.4, -0.2) is 33.7 Å². The second kappa shape index (κ2) is 5.48. The van der Waals surface area contributed by atoms with Crippen LogP contribution in [0, 0.1) is 0 Å². The van der Waals surface area contributed by atoms with Crippen LogP contribution in [0.3, 0.4) is 0 Å². The van der Waals surface area contributed by atoms with Crippen molar-refractivity contribution in [3.8, 4) is 0 Å². The van der Waals surface area contributed by atoms with Crippen LogP contribution >= 0.6 is 0 Å². The van der Waals surface area contributed by atoms with Gasteiger partial charge in [-0.15, -0.1) is 0 Å². The van der Waals surface area contributed by atoms with E-state index >= 15 is 0 Å². The molecule has 1 aliphatic carbocycles. The lowest BCUT2D eigenvalue weighted by Gasteiger charge is -2.36. The van der Waals surface area contributed by atoms with Gasteiger partial charge in [-0.2, -0.15) is 10.1 Å². The number of amidine groups is 1. The van der Waals surface area contributed by atoms with Gasteiger partial charge in [0.25, 0.3) is 11.8 Å². The number of fused-ring (bicyclic) bond motifs is 3. The normalized spacial score (nSPS) is 25.2. The van der Waals surface area contributed by atoms with Crippen LogP contribution < -0.4 is 15.2 Å². The average Bonchev–Trinajstić information content (AvgIpc) is 3.33. The van der Waals surface area contributed by atoms with Crippen LogP contribution in [0.5, 0.6) is 0 Å². The summed E-state index contributed by atoms with van der Waals surface area (Å²) in [5, 5.41) is 15.4. The Kier molecular flexibility index (Phi) is 3.09. The first-order valence-corrected chi connectivity index (χ1v) is 9.60. The van der Waals surface area contributed by atoms with Crippen LogP contribution in [-0.2, 0) is 17.3 Å². The number of carbonyl (C=O) groups excluding carboxylic acids is 1. The molecule has 1 unspecified atom stereocenters. The SMILES string of the molecule is Cn1cc([N+]23C=CN=CC2=NC(Nc2ccc4c(c2)NC(=O)C42CCC2)=N3)cn1. The molecule has 144 valence electrons. The molecule has 0 radical (unpaired) electrons. The van der Waals surface area contributed by atoms with Gasteiger partial charge >= 0.3 is 0 Å². The van der Waals surface area contributed by atoms with Crippen molar-refractivity contribution < 1.29 is 4.79 Å². The Morgan fingerprint density at radius 1 is 1.31 bits per heavy atom. The summed E-state index contributed by atoms with van der Waals surface area (Å²) in [6, 6.07) is 5.98. The minimum atomic E-state index is -0.309. The maximum absolute atomic E-state index is 12.5. The Bertz CT molecular complexity index is 1180. The number of benzene rings is 1. The second-order valence-corrected chi connectivity index (χ2v) is 7.80. The maximum atomic E-state index is 12.5. The Balaban J connectivity index is 1.34. The molecule has 2 aromatic rings. The molecule has 1 aromatic carbocycles. The highest BCUT2D eigenvalue weighted by molar-refractivity contribution is 6.38. The van der Waals surface area contributed by atoms with Gasteiger partial charge in [0.1, 0.15) is 12.4 Å². The van der Waals surface area contributed by atoms with E-state index in [0.29, 0.717) is 11.8 Å². The quantitative estimate of drug-likeness (QED) is 0.775. The lowest BCUT2D eigenvalue weighted by atomic mass is 9.65. The Labute approximate surface area is 166 Å². The number of hydrogen-bond acceptors (Lipinski definition) is 6. The number of aromatic nitrogens is 2. The van der Waals surface area contributed by atoms with Gasteiger partial charge in [-0.3, -0.25) is 14.5 Å². The highest BCUT2D eigenvalue weighted by Gasteiger charge is 2.51. The summed E-state index contributed by atoms with van der Waals surface area (Å²) in [6.07, 6.45) is 11.9. The predicted molar refractivity (Wildman–Crippen MR) is 112 cm³/mol. The highest BCUT2D eigenvalue weighted by atomic mass is 16.2. The first kappa shape index (κ1) is 16.4. The number of hydrogen-bond donors (Lipinski definition) is 2. The first-order valence-electron chi connectivity index (χ1n) is 9.60. The van der Waals surface area contributed by atoms with Crippen LogP contribution in [0.25, 0.3) is 0 Å². The van der Waals surface area contributed by atoms with Gasteiger partial charge in [0.2, 0.25) is 11.6 Å². The molecule has 1 atom stereocenters. The molecule has 1 fully saturated rings. The lowest BCUT2D eigenvalue weighted by Crippen LogP contribution is -2.44. The van der Waals surface area contributed by atoms with E-state index in [1.54, 1.807) is 23.3 Å². The minimum absolute atomic E-state index is 0.0878. The zero-order chi connectivity index (χ0) is 19.6. The van der Waals surface area contributed by atoms with Gasteiger partial charge in [-0.05, 0) is 35.6 Å².